The topological polar surface area (TPSA) is 137 Å². The summed E-state index contributed by atoms with van der Waals surface area (Å²) in [6, 6.07) is 12.1. The molecule has 7 nitrogen and oxygen atoms in total. The fourth-order valence-electron chi connectivity index (χ4n) is 2.78. The van der Waals surface area contributed by atoms with Gasteiger partial charge in [-0.2, -0.15) is 0 Å². The van der Waals surface area contributed by atoms with Gasteiger partial charge in [0.2, 0.25) is 0 Å². The predicted octanol–water partition coefficient (Wildman–Crippen LogP) is 1.58. The van der Waals surface area contributed by atoms with E-state index in [4.69, 9.17) is 23.1 Å². The molecule has 2 amide bonds. The Balaban J connectivity index is 0.000000200. The number of fused-ring (bicyclic) bond motifs is 1. The number of nitrogens with two attached hydrogens (primary N) is 3. The first-order valence-corrected chi connectivity index (χ1v) is 8.82. The second-order valence-electron chi connectivity index (χ2n) is 6.26. The summed E-state index contributed by atoms with van der Waals surface area (Å²) in [6.45, 7) is 0.747. The smallest absolute Gasteiger partial charge is 0.313 e. The number of nitrogens with one attached hydrogen (secondary N) is 1. The van der Waals surface area contributed by atoms with Gasteiger partial charge in [-0.3, -0.25) is 14.6 Å². The highest BCUT2D eigenvalue weighted by atomic mass is 35.5. The van der Waals surface area contributed by atoms with Crippen molar-refractivity contribution < 1.29 is 14.0 Å². The standard InChI is InChI=1S/C11H15N3.C8H6ClFN2O2/c12-11(13)14-7-8-5-9-3-1-2-4-10(9)6-8;9-5-2-1-4(3-6(5)10)12-8(14)7(11)13/h1-4,8H,5-7H2,(H4,12,13,14);1-3H,(H2,11,13)(H,12,14). The fraction of sp³-hybridized carbons (Fsp3) is 0.211. The van der Waals surface area contributed by atoms with Crippen LogP contribution >= 0.6 is 11.6 Å². The summed E-state index contributed by atoms with van der Waals surface area (Å²) >= 11 is 5.40. The zero-order valence-electron chi connectivity index (χ0n) is 15.0. The normalized spacial score (nSPS) is 12.4. The molecule has 0 aromatic heterocycles. The van der Waals surface area contributed by atoms with Gasteiger partial charge in [0.15, 0.2) is 5.96 Å². The van der Waals surface area contributed by atoms with Gasteiger partial charge in [0.05, 0.1) is 5.02 Å². The highest BCUT2D eigenvalue weighted by molar-refractivity contribution is 6.39. The lowest BCUT2D eigenvalue weighted by Crippen LogP contribution is -2.29. The van der Waals surface area contributed by atoms with Crippen LogP contribution in [-0.4, -0.2) is 24.3 Å². The van der Waals surface area contributed by atoms with Crippen LogP contribution < -0.4 is 22.5 Å². The van der Waals surface area contributed by atoms with Crippen LogP contribution in [0.3, 0.4) is 0 Å². The lowest BCUT2D eigenvalue weighted by molar-refractivity contribution is -0.134. The van der Waals surface area contributed by atoms with Crippen molar-refractivity contribution in [2.45, 2.75) is 12.8 Å². The number of benzene rings is 2. The Morgan fingerprint density at radius 2 is 1.71 bits per heavy atom. The van der Waals surface area contributed by atoms with Gasteiger partial charge in [-0.05, 0) is 48.1 Å². The van der Waals surface area contributed by atoms with Gasteiger partial charge in [-0.25, -0.2) is 4.39 Å². The summed E-state index contributed by atoms with van der Waals surface area (Å²) in [5.41, 5.74) is 18.3. The molecule has 0 radical (unpaired) electrons. The monoisotopic (exact) mass is 405 g/mol. The Morgan fingerprint density at radius 3 is 2.21 bits per heavy atom. The lowest BCUT2D eigenvalue weighted by atomic mass is 10.1. The van der Waals surface area contributed by atoms with E-state index in [2.05, 4.69) is 40.3 Å². The van der Waals surface area contributed by atoms with E-state index in [1.165, 1.54) is 23.3 Å². The van der Waals surface area contributed by atoms with Crippen LogP contribution in [-0.2, 0) is 22.4 Å². The first kappa shape index (κ1) is 21.2. The van der Waals surface area contributed by atoms with Crippen LogP contribution in [0.25, 0.3) is 0 Å². The number of aliphatic imine (C=N–C) groups is 1. The number of carbonyl (C=O) groups is 2. The van der Waals surface area contributed by atoms with E-state index in [1.54, 1.807) is 0 Å². The summed E-state index contributed by atoms with van der Waals surface area (Å²) in [6.07, 6.45) is 2.21. The van der Waals surface area contributed by atoms with E-state index in [0.29, 0.717) is 5.92 Å². The quantitative estimate of drug-likeness (QED) is 0.350. The summed E-state index contributed by atoms with van der Waals surface area (Å²) in [4.78, 5) is 25.2. The number of anilines is 1. The summed E-state index contributed by atoms with van der Waals surface area (Å²) in [5.74, 6) is -2.06. The zero-order chi connectivity index (χ0) is 20.7. The third-order valence-electron chi connectivity index (χ3n) is 4.07. The highest BCUT2D eigenvalue weighted by Gasteiger charge is 2.20. The first-order chi connectivity index (χ1) is 13.3. The molecule has 2 aromatic carbocycles. The van der Waals surface area contributed by atoms with Crippen molar-refractivity contribution >= 4 is 35.1 Å². The molecule has 2 aromatic rings. The van der Waals surface area contributed by atoms with Gasteiger partial charge in [0.25, 0.3) is 0 Å². The van der Waals surface area contributed by atoms with E-state index in [0.717, 1.165) is 25.5 Å². The van der Waals surface area contributed by atoms with Crippen molar-refractivity contribution in [3.05, 3.63) is 64.4 Å². The summed E-state index contributed by atoms with van der Waals surface area (Å²) in [7, 11) is 0. The van der Waals surface area contributed by atoms with Gasteiger partial charge >= 0.3 is 11.8 Å². The minimum atomic E-state index is -1.14. The van der Waals surface area contributed by atoms with Crippen LogP contribution in [0.5, 0.6) is 0 Å². The maximum absolute atomic E-state index is 12.8. The van der Waals surface area contributed by atoms with Crippen LogP contribution in [0, 0.1) is 11.7 Å². The maximum atomic E-state index is 12.8. The van der Waals surface area contributed by atoms with Gasteiger partial charge in [-0.15, -0.1) is 0 Å². The number of guanidine groups is 1. The number of hydrogen-bond donors (Lipinski definition) is 4. The third-order valence-corrected chi connectivity index (χ3v) is 4.38. The third kappa shape index (κ3) is 6.24. The molecule has 0 saturated heterocycles. The van der Waals surface area contributed by atoms with E-state index < -0.39 is 17.6 Å². The fourth-order valence-corrected chi connectivity index (χ4v) is 2.90. The number of rotatable bonds is 3. The molecule has 0 fully saturated rings. The van der Waals surface area contributed by atoms with Crippen LogP contribution in [0.4, 0.5) is 10.1 Å². The number of amides is 2. The molecule has 9 heteroatoms. The Hall–Kier alpha value is -3.13. The molecule has 0 bridgehead atoms. The van der Waals surface area contributed by atoms with Gasteiger partial charge in [0.1, 0.15) is 5.82 Å². The Labute approximate surface area is 166 Å². The molecule has 148 valence electrons. The molecular weight excluding hydrogens is 385 g/mol. The van der Waals surface area contributed by atoms with Crippen LogP contribution in [0.1, 0.15) is 11.1 Å². The second-order valence-corrected chi connectivity index (χ2v) is 6.66. The molecule has 1 aliphatic rings. The van der Waals surface area contributed by atoms with E-state index in [9.17, 15) is 14.0 Å². The largest absolute Gasteiger partial charge is 0.370 e. The van der Waals surface area contributed by atoms with E-state index in [1.807, 2.05) is 0 Å². The molecule has 0 spiro atoms. The van der Waals surface area contributed by atoms with Crippen molar-refractivity contribution in [3.63, 3.8) is 0 Å². The van der Waals surface area contributed by atoms with Gasteiger partial charge in [0, 0.05) is 12.2 Å². The number of hydrogen-bond acceptors (Lipinski definition) is 3. The Morgan fingerprint density at radius 1 is 1.11 bits per heavy atom. The predicted molar refractivity (Wildman–Crippen MR) is 107 cm³/mol. The van der Waals surface area contributed by atoms with Crippen molar-refractivity contribution in [1.82, 2.24) is 0 Å². The average molecular weight is 406 g/mol. The van der Waals surface area contributed by atoms with Crippen molar-refractivity contribution in [3.8, 4) is 0 Å². The van der Waals surface area contributed by atoms with Crippen LogP contribution in [0.15, 0.2) is 47.5 Å². The minimum Gasteiger partial charge on any atom is -0.370 e. The number of nitrogens with zero attached hydrogens (tertiary/aromatic N) is 1. The van der Waals surface area contributed by atoms with Crippen molar-refractivity contribution in [2.75, 3.05) is 11.9 Å². The van der Waals surface area contributed by atoms with Crippen LogP contribution in [0.2, 0.25) is 5.02 Å². The number of carbonyl (C=O) groups excluding carboxylic acids is 2. The second kappa shape index (κ2) is 9.70. The van der Waals surface area contributed by atoms with Gasteiger partial charge < -0.3 is 22.5 Å². The summed E-state index contributed by atoms with van der Waals surface area (Å²) in [5, 5.41) is 2.03. The Bertz CT molecular complexity index is 875. The molecule has 0 unspecified atom stereocenters. The molecule has 1 aliphatic carbocycles. The molecule has 0 aliphatic heterocycles. The number of halogens is 2. The minimum absolute atomic E-state index is 0.0675. The molecule has 3 rings (SSSR count). The maximum Gasteiger partial charge on any atom is 0.313 e. The van der Waals surface area contributed by atoms with Crippen molar-refractivity contribution in [2.24, 2.45) is 28.1 Å². The molecule has 0 atom stereocenters. The van der Waals surface area contributed by atoms with Gasteiger partial charge in [-0.1, -0.05) is 35.9 Å². The average Bonchev–Trinajstić information content (AvgIpc) is 3.06. The SMILES string of the molecule is NC(=O)C(=O)Nc1ccc(Cl)c(F)c1.NC(N)=NCC1Cc2ccccc2C1. The highest BCUT2D eigenvalue weighted by Crippen LogP contribution is 2.26. The van der Waals surface area contributed by atoms with Crippen molar-refractivity contribution in [1.29, 1.82) is 0 Å². The molecule has 28 heavy (non-hydrogen) atoms. The Kier molecular flexibility index (Phi) is 7.34. The summed E-state index contributed by atoms with van der Waals surface area (Å²) < 4.78 is 12.8. The molecule has 0 heterocycles. The first-order valence-electron chi connectivity index (χ1n) is 8.44. The molecule has 7 N–H and O–H groups in total. The molecular formula is C19H21ClFN5O2. The van der Waals surface area contributed by atoms with E-state index in [-0.39, 0.29) is 16.7 Å². The van der Waals surface area contributed by atoms with E-state index >= 15 is 0 Å². The lowest BCUT2D eigenvalue weighted by Gasteiger charge is -2.03. The number of primary amides is 1. The zero-order valence-corrected chi connectivity index (χ0v) is 15.7. The molecule has 0 saturated carbocycles.